The molecule has 2 saturated carbocycles. The zero-order valence-corrected chi connectivity index (χ0v) is 23.6. The standard InChI is InChI=1S/C31H46N2O5/c1-22-8-6-11-31(2)19-28-24(18-26(22)31)25(30(34)38-28)21-33(13-7-12-32-14-16-37-17-15-32)20-23-9-5-10-27(35-3)29(23)36-4/h5,9-10,24-26,28H,1,6-8,11-21H2,2-4H3/t24-,25-,26-,28+,31+/m0/s1. The topological polar surface area (TPSA) is 60.5 Å². The van der Waals surface area contributed by atoms with Crippen LogP contribution in [0.4, 0.5) is 0 Å². The molecule has 7 heteroatoms. The van der Waals surface area contributed by atoms with Gasteiger partial charge in [0.05, 0.1) is 33.4 Å². The van der Waals surface area contributed by atoms with Gasteiger partial charge in [-0.05, 0) is 69.0 Å². The summed E-state index contributed by atoms with van der Waals surface area (Å²) in [6.45, 7) is 13.8. The lowest BCUT2D eigenvalue weighted by Gasteiger charge is -2.50. The zero-order valence-electron chi connectivity index (χ0n) is 23.6. The minimum absolute atomic E-state index is 0.0105. The van der Waals surface area contributed by atoms with E-state index in [0.717, 1.165) is 82.1 Å². The summed E-state index contributed by atoms with van der Waals surface area (Å²) in [5.41, 5.74) is 2.69. The normalized spacial score (nSPS) is 31.6. The maximum absolute atomic E-state index is 13.3. The molecule has 38 heavy (non-hydrogen) atoms. The van der Waals surface area contributed by atoms with Gasteiger partial charge in [0.15, 0.2) is 11.5 Å². The van der Waals surface area contributed by atoms with Crippen LogP contribution in [0.3, 0.4) is 0 Å². The molecule has 0 unspecified atom stereocenters. The molecule has 0 aromatic heterocycles. The number of methoxy groups -OCH3 is 2. The van der Waals surface area contributed by atoms with Gasteiger partial charge < -0.3 is 18.9 Å². The molecule has 1 aromatic rings. The first-order valence-electron chi connectivity index (χ1n) is 14.5. The van der Waals surface area contributed by atoms with E-state index in [2.05, 4.69) is 29.4 Å². The number of morpholine rings is 1. The maximum atomic E-state index is 13.3. The molecule has 2 heterocycles. The predicted octanol–water partition coefficient (Wildman–Crippen LogP) is 4.54. The van der Waals surface area contributed by atoms with Crippen molar-refractivity contribution in [2.24, 2.45) is 23.2 Å². The third kappa shape index (κ3) is 5.75. The highest BCUT2D eigenvalue weighted by atomic mass is 16.6. The number of esters is 1. The van der Waals surface area contributed by atoms with Crippen LogP contribution in [-0.4, -0.2) is 82.0 Å². The van der Waals surface area contributed by atoms with Gasteiger partial charge in [-0.1, -0.05) is 31.2 Å². The van der Waals surface area contributed by atoms with Gasteiger partial charge in [-0.3, -0.25) is 14.6 Å². The second-order valence-electron chi connectivity index (χ2n) is 12.1. The van der Waals surface area contributed by atoms with Crippen LogP contribution in [-0.2, 0) is 20.8 Å². The zero-order chi connectivity index (χ0) is 26.7. The maximum Gasteiger partial charge on any atom is 0.310 e. The van der Waals surface area contributed by atoms with E-state index in [-0.39, 0.29) is 29.3 Å². The minimum atomic E-state index is -0.0979. The van der Waals surface area contributed by atoms with E-state index in [9.17, 15) is 4.79 Å². The van der Waals surface area contributed by atoms with E-state index in [4.69, 9.17) is 18.9 Å². The highest BCUT2D eigenvalue weighted by Gasteiger charge is 2.55. The van der Waals surface area contributed by atoms with Gasteiger partial charge in [0.2, 0.25) is 0 Å². The van der Waals surface area contributed by atoms with Crippen LogP contribution in [0.1, 0.15) is 51.0 Å². The Balaban J connectivity index is 1.32. The van der Waals surface area contributed by atoms with Crippen molar-refractivity contribution in [3.63, 3.8) is 0 Å². The molecule has 2 aliphatic heterocycles. The van der Waals surface area contributed by atoms with E-state index < -0.39 is 0 Å². The molecule has 7 nitrogen and oxygen atoms in total. The molecular weight excluding hydrogens is 480 g/mol. The summed E-state index contributed by atoms with van der Waals surface area (Å²) in [6.07, 6.45) is 6.64. The average molecular weight is 527 g/mol. The second-order valence-corrected chi connectivity index (χ2v) is 12.1. The number of nitrogens with zero attached hydrogens (tertiary/aromatic N) is 2. The summed E-state index contributed by atoms with van der Waals surface area (Å²) in [5.74, 6) is 2.17. The largest absolute Gasteiger partial charge is 0.493 e. The number of carbonyl (C=O) groups excluding carboxylic acids is 1. The lowest BCUT2D eigenvalue weighted by molar-refractivity contribution is -0.146. The highest BCUT2D eigenvalue weighted by molar-refractivity contribution is 5.75. The Hall–Kier alpha value is -2.09. The molecule has 0 bridgehead atoms. The van der Waals surface area contributed by atoms with Crippen LogP contribution >= 0.6 is 0 Å². The molecule has 0 N–H and O–H groups in total. The summed E-state index contributed by atoms with van der Waals surface area (Å²) in [7, 11) is 3.37. The SMILES string of the molecule is C=C1CCC[C@]2(C)C[C@H]3OC(=O)[C@@H](CN(CCCN4CCOCC4)Cc4cccc(OC)c4OC)[C@@H]3C[C@@H]12. The van der Waals surface area contributed by atoms with Crippen LogP contribution in [0.5, 0.6) is 11.5 Å². The number of fused-ring (bicyclic) bond motifs is 2. The molecule has 5 rings (SSSR count). The summed E-state index contributed by atoms with van der Waals surface area (Å²) in [5, 5.41) is 0. The van der Waals surface area contributed by atoms with Crippen LogP contribution in [0, 0.1) is 23.2 Å². The van der Waals surface area contributed by atoms with Crippen LogP contribution in [0.2, 0.25) is 0 Å². The number of hydrogen-bond acceptors (Lipinski definition) is 7. The van der Waals surface area contributed by atoms with Gasteiger partial charge in [-0.25, -0.2) is 0 Å². The number of ether oxygens (including phenoxy) is 4. The molecule has 5 atom stereocenters. The molecule has 4 aliphatic rings. The first-order chi connectivity index (χ1) is 18.4. The lowest BCUT2D eigenvalue weighted by Crippen LogP contribution is -2.45. The Morgan fingerprint density at radius 2 is 2.03 bits per heavy atom. The van der Waals surface area contributed by atoms with Gasteiger partial charge >= 0.3 is 5.97 Å². The summed E-state index contributed by atoms with van der Waals surface area (Å²) in [6, 6.07) is 6.05. The van der Waals surface area contributed by atoms with Gasteiger partial charge in [-0.2, -0.15) is 0 Å². The van der Waals surface area contributed by atoms with Gasteiger partial charge in [-0.15, -0.1) is 0 Å². The third-order valence-corrected chi connectivity index (χ3v) is 9.71. The molecule has 2 saturated heterocycles. The quantitative estimate of drug-likeness (QED) is 0.328. The smallest absolute Gasteiger partial charge is 0.310 e. The summed E-state index contributed by atoms with van der Waals surface area (Å²) < 4.78 is 22.9. The van der Waals surface area contributed by atoms with Gasteiger partial charge in [0.25, 0.3) is 0 Å². The number of rotatable bonds is 10. The Morgan fingerprint density at radius 1 is 1.21 bits per heavy atom. The first kappa shape index (κ1) is 27.5. The highest BCUT2D eigenvalue weighted by Crippen LogP contribution is 2.57. The van der Waals surface area contributed by atoms with Crippen molar-refractivity contribution in [2.45, 2.75) is 58.1 Å². The Bertz CT molecular complexity index is 992. The number of allylic oxidation sites excluding steroid dienone is 1. The van der Waals surface area contributed by atoms with E-state index in [0.29, 0.717) is 19.0 Å². The Kier molecular flexibility index (Phi) is 8.65. The fourth-order valence-corrected chi connectivity index (χ4v) is 7.64. The molecule has 0 spiro atoms. The molecular formula is C31H46N2O5. The number of benzene rings is 1. The van der Waals surface area contributed by atoms with Crippen molar-refractivity contribution < 1.29 is 23.7 Å². The fraction of sp³-hybridized carbons (Fsp3) is 0.710. The molecule has 1 aromatic carbocycles. The molecule has 0 amide bonds. The Labute approximate surface area is 228 Å². The van der Waals surface area contributed by atoms with Crippen molar-refractivity contribution in [1.82, 2.24) is 9.80 Å². The van der Waals surface area contributed by atoms with Crippen LogP contribution in [0.25, 0.3) is 0 Å². The van der Waals surface area contributed by atoms with Crippen LogP contribution in [0.15, 0.2) is 30.4 Å². The second kappa shape index (κ2) is 12.0. The average Bonchev–Trinajstić information content (AvgIpc) is 3.20. The number of para-hydroxylation sites is 1. The third-order valence-electron chi connectivity index (χ3n) is 9.71. The van der Waals surface area contributed by atoms with Crippen molar-refractivity contribution in [2.75, 3.05) is 60.2 Å². The first-order valence-corrected chi connectivity index (χ1v) is 14.5. The number of hydrogen-bond donors (Lipinski definition) is 0. The number of carbonyl (C=O) groups is 1. The molecule has 210 valence electrons. The van der Waals surface area contributed by atoms with Crippen LogP contribution < -0.4 is 9.47 Å². The minimum Gasteiger partial charge on any atom is -0.493 e. The monoisotopic (exact) mass is 526 g/mol. The predicted molar refractivity (Wildman–Crippen MR) is 147 cm³/mol. The summed E-state index contributed by atoms with van der Waals surface area (Å²) in [4.78, 5) is 18.2. The fourth-order valence-electron chi connectivity index (χ4n) is 7.64. The Morgan fingerprint density at radius 3 is 2.79 bits per heavy atom. The van der Waals surface area contributed by atoms with Crippen molar-refractivity contribution in [3.05, 3.63) is 35.9 Å². The summed E-state index contributed by atoms with van der Waals surface area (Å²) >= 11 is 0. The molecule has 2 aliphatic carbocycles. The van der Waals surface area contributed by atoms with E-state index in [1.165, 1.54) is 18.4 Å². The van der Waals surface area contributed by atoms with Crippen molar-refractivity contribution >= 4 is 5.97 Å². The van der Waals surface area contributed by atoms with Crippen molar-refractivity contribution in [1.29, 1.82) is 0 Å². The van der Waals surface area contributed by atoms with Gasteiger partial charge in [0, 0.05) is 37.7 Å². The van der Waals surface area contributed by atoms with E-state index in [1.54, 1.807) is 14.2 Å². The molecule has 0 radical (unpaired) electrons. The van der Waals surface area contributed by atoms with Crippen molar-refractivity contribution in [3.8, 4) is 11.5 Å². The van der Waals surface area contributed by atoms with E-state index in [1.807, 2.05) is 12.1 Å². The van der Waals surface area contributed by atoms with E-state index >= 15 is 0 Å². The lowest BCUT2D eigenvalue weighted by atomic mass is 9.55. The van der Waals surface area contributed by atoms with Gasteiger partial charge in [0.1, 0.15) is 6.10 Å². The molecule has 4 fully saturated rings.